The van der Waals surface area contributed by atoms with E-state index < -0.39 is 0 Å². The molecule has 4 rings (SSSR count). The van der Waals surface area contributed by atoms with Crippen molar-refractivity contribution in [2.45, 2.75) is 83.5 Å². The highest BCUT2D eigenvalue weighted by atomic mass is 14.5. The van der Waals surface area contributed by atoms with Crippen LogP contribution in [0, 0.1) is 29.1 Å². The first-order valence-electron chi connectivity index (χ1n) is 8.86. The molecule has 0 aromatic rings. The van der Waals surface area contributed by atoms with Crippen LogP contribution in [0.1, 0.15) is 83.5 Å². The molecule has 0 heteroatoms. The fraction of sp³-hybridized carbons (Fsp3) is 1.00. The molecular weight excluding hydrogens is 216 g/mol. The lowest BCUT2D eigenvalue weighted by atomic mass is 9.53. The molecule has 4 saturated carbocycles. The summed E-state index contributed by atoms with van der Waals surface area (Å²) in [6, 6.07) is 0. The molecule has 0 nitrogen and oxygen atoms in total. The van der Waals surface area contributed by atoms with Crippen LogP contribution in [0.2, 0.25) is 0 Å². The van der Waals surface area contributed by atoms with Gasteiger partial charge >= 0.3 is 0 Å². The Labute approximate surface area is 113 Å². The Morgan fingerprint density at radius 3 is 2.28 bits per heavy atom. The molecule has 4 fully saturated rings. The van der Waals surface area contributed by atoms with Gasteiger partial charge in [-0.3, -0.25) is 0 Å². The maximum Gasteiger partial charge on any atom is -0.0264 e. The topological polar surface area (TPSA) is 0 Å². The molecule has 4 aliphatic rings. The summed E-state index contributed by atoms with van der Waals surface area (Å²) in [5.41, 5.74) is 0.838. The molecule has 0 spiro atoms. The molecule has 0 aromatic carbocycles. The van der Waals surface area contributed by atoms with E-state index in [0.717, 1.165) is 29.1 Å². The van der Waals surface area contributed by atoms with E-state index in [9.17, 15) is 0 Å². The van der Waals surface area contributed by atoms with E-state index in [2.05, 4.69) is 0 Å². The van der Waals surface area contributed by atoms with Crippen molar-refractivity contribution in [2.24, 2.45) is 29.1 Å². The monoisotopic (exact) mass is 246 g/mol. The van der Waals surface area contributed by atoms with E-state index in [0.29, 0.717) is 0 Å². The quantitative estimate of drug-likeness (QED) is 0.568. The fourth-order valence-electron chi connectivity index (χ4n) is 6.67. The third-order valence-corrected chi connectivity index (χ3v) is 7.33. The SMILES string of the molecule is C1CC2CCC(C2)C(C23CCCC(CCC2)C3)C1. The summed E-state index contributed by atoms with van der Waals surface area (Å²) in [6.45, 7) is 0. The van der Waals surface area contributed by atoms with Crippen LogP contribution < -0.4 is 0 Å². The van der Waals surface area contributed by atoms with Crippen molar-refractivity contribution in [2.75, 3.05) is 0 Å². The lowest BCUT2D eigenvalue weighted by molar-refractivity contribution is -0.0121. The molecular formula is C18H30. The van der Waals surface area contributed by atoms with Crippen LogP contribution >= 0.6 is 0 Å². The van der Waals surface area contributed by atoms with Gasteiger partial charge in [-0.2, -0.15) is 0 Å². The molecule has 3 atom stereocenters. The summed E-state index contributed by atoms with van der Waals surface area (Å²) in [7, 11) is 0. The lowest BCUT2D eigenvalue weighted by Gasteiger charge is -2.52. The van der Waals surface area contributed by atoms with E-state index in [1.807, 2.05) is 0 Å². The minimum Gasteiger partial charge on any atom is -0.0527 e. The van der Waals surface area contributed by atoms with Gasteiger partial charge in [-0.1, -0.05) is 44.9 Å². The average Bonchev–Trinajstić information content (AvgIpc) is 2.70. The Morgan fingerprint density at radius 2 is 1.44 bits per heavy atom. The maximum absolute atomic E-state index is 1.64. The van der Waals surface area contributed by atoms with Crippen LogP contribution in [0.3, 0.4) is 0 Å². The Morgan fingerprint density at radius 1 is 0.667 bits per heavy atom. The standard InChI is InChI=1S/C18H30/c1-4-14-8-9-16(12-14)17(7-1)18-10-2-5-15(13-18)6-3-11-18/h14-17H,1-13H2. The number of fused-ring (bicyclic) bond motifs is 4. The second-order valence-electron chi connectivity index (χ2n) is 8.19. The third kappa shape index (κ3) is 1.86. The molecule has 102 valence electrons. The number of hydrogen-bond acceptors (Lipinski definition) is 0. The van der Waals surface area contributed by atoms with Crippen LogP contribution in [0.15, 0.2) is 0 Å². The van der Waals surface area contributed by atoms with Crippen LogP contribution in [-0.4, -0.2) is 0 Å². The van der Waals surface area contributed by atoms with Gasteiger partial charge in [-0.15, -0.1) is 0 Å². The van der Waals surface area contributed by atoms with Crippen LogP contribution in [0.4, 0.5) is 0 Å². The van der Waals surface area contributed by atoms with E-state index in [4.69, 9.17) is 0 Å². The summed E-state index contributed by atoms with van der Waals surface area (Å²) >= 11 is 0. The van der Waals surface area contributed by atoms with Gasteiger partial charge in [0.25, 0.3) is 0 Å². The minimum atomic E-state index is 0.838. The number of rotatable bonds is 1. The zero-order valence-corrected chi connectivity index (χ0v) is 12.0. The number of hydrogen-bond donors (Lipinski definition) is 0. The molecule has 18 heavy (non-hydrogen) atoms. The third-order valence-electron chi connectivity index (χ3n) is 7.33. The second kappa shape index (κ2) is 4.53. The van der Waals surface area contributed by atoms with Gasteiger partial charge in [0, 0.05) is 0 Å². The zero-order valence-electron chi connectivity index (χ0n) is 12.0. The second-order valence-corrected chi connectivity index (χ2v) is 8.19. The van der Waals surface area contributed by atoms with Gasteiger partial charge in [-0.25, -0.2) is 0 Å². The van der Waals surface area contributed by atoms with Crippen molar-refractivity contribution in [1.29, 1.82) is 0 Å². The van der Waals surface area contributed by atoms with Crippen LogP contribution in [0.5, 0.6) is 0 Å². The Kier molecular flexibility index (Phi) is 2.97. The van der Waals surface area contributed by atoms with Gasteiger partial charge < -0.3 is 0 Å². The van der Waals surface area contributed by atoms with E-state index in [1.165, 1.54) is 0 Å². The molecule has 0 aliphatic heterocycles. The van der Waals surface area contributed by atoms with E-state index in [1.54, 1.807) is 83.5 Å². The first-order chi connectivity index (χ1) is 8.86. The van der Waals surface area contributed by atoms with E-state index >= 15 is 0 Å². The summed E-state index contributed by atoms with van der Waals surface area (Å²) in [5.74, 6) is 4.56. The summed E-state index contributed by atoms with van der Waals surface area (Å²) in [5, 5.41) is 0. The first kappa shape index (κ1) is 11.8. The fourth-order valence-corrected chi connectivity index (χ4v) is 6.67. The first-order valence-corrected chi connectivity index (χ1v) is 8.86. The van der Waals surface area contributed by atoms with Gasteiger partial charge in [0.2, 0.25) is 0 Å². The smallest absolute Gasteiger partial charge is 0.0264 e. The zero-order chi connectivity index (χ0) is 12.0. The van der Waals surface area contributed by atoms with Crippen molar-refractivity contribution in [3.63, 3.8) is 0 Å². The predicted octanol–water partition coefficient (Wildman–Crippen LogP) is 5.56. The highest BCUT2D eigenvalue weighted by Gasteiger charge is 2.48. The highest BCUT2D eigenvalue weighted by Crippen LogP contribution is 2.59. The van der Waals surface area contributed by atoms with Crippen LogP contribution in [0.25, 0.3) is 0 Å². The average molecular weight is 246 g/mol. The van der Waals surface area contributed by atoms with Crippen molar-refractivity contribution in [3.8, 4) is 0 Å². The molecule has 0 heterocycles. The molecule has 3 unspecified atom stereocenters. The molecule has 0 radical (unpaired) electrons. The molecule has 4 aliphatic carbocycles. The molecule has 0 N–H and O–H groups in total. The van der Waals surface area contributed by atoms with Crippen LogP contribution in [-0.2, 0) is 0 Å². The van der Waals surface area contributed by atoms with Crippen molar-refractivity contribution in [1.82, 2.24) is 0 Å². The van der Waals surface area contributed by atoms with Crippen molar-refractivity contribution >= 4 is 0 Å². The maximum atomic E-state index is 1.64. The Balaban J connectivity index is 1.59. The van der Waals surface area contributed by atoms with Gasteiger partial charge in [0.1, 0.15) is 0 Å². The van der Waals surface area contributed by atoms with Gasteiger partial charge in [0.15, 0.2) is 0 Å². The molecule has 0 aromatic heterocycles. The Hall–Kier alpha value is 0. The van der Waals surface area contributed by atoms with Gasteiger partial charge in [-0.05, 0) is 67.6 Å². The molecule has 0 amide bonds. The normalized spacial score (nSPS) is 52.0. The summed E-state index contributed by atoms with van der Waals surface area (Å²) in [6.07, 6.45) is 20.7. The van der Waals surface area contributed by atoms with Crippen molar-refractivity contribution < 1.29 is 0 Å². The summed E-state index contributed by atoms with van der Waals surface area (Å²) in [4.78, 5) is 0. The van der Waals surface area contributed by atoms with Gasteiger partial charge in [0.05, 0.1) is 0 Å². The van der Waals surface area contributed by atoms with Crippen molar-refractivity contribution in [3.05, 3.63) is 0 Å². The van der Waals surface area contributed by atoms with E-state index in [-0.39, 0.29) is 0 Å². The molecule has 4 bridgehead atoms. The predicted molar refractivity (Wildman–Crippen MR) is 76.4 cm³/mol. The lowest BCUT2D eigenvalue weighted by Crippen LogP contribution is -2.41. The summed E-state index contributed by atoms with van der Waals surface area (Å²) < 4.78 is 0. The highest BCUT2D eigenvalue weighted by molar-refractivity contribution is 4.99. The molecule has 0 saturated heterocycles. The minimum absolute atomic E-state index is 0.838. The Bertz CT molecular complexity index is 295. The largest absolute Gasteiger partial charge is 0.0527 e.